The molecule has 0 bridgehead atoms. The van der Waals surface area contributed by atoms with Crippen LogP contribution in [0.4, 0.5) is 11.4 Å². The first kappa shape index (κ1) is 22.3. The average Bonchev–Trinajstić information content (AvgIpc) is 2.79. The first-order chi connectivity index (χ1) is 15.2. The van der Waals surface area contributed by atoms with Crippen molar-refractivity contribution >= 4 is 11.4 Å². The Morgan fingerprint density at radius 2 is 1.41 bits per heavy atom. The van der Waals surface area contributed by atoms with Crippen molar-refractivity contribution in [1.29, 1.82) is 0 Å². The zero-order chi connectivity index (χ0) is 22.9. The van der Waals surface area contributed by atoms with E-state index in [4.69, 9.17) is 4.98 Å². The third-order valence-electron chi connectivity index (χ3n) is 6.37. The highest BCUT2D eigenvalue weighted by Gasteiger charge is 2.24. The molecule has 4 rings (SSSR count). The number of aryl methyl sites for hydroxylation is 1. The van der Waals surface area contributed by atoms with Crippen LogP contribution in [0.3, 0.4) is 0 Å². The van der Waals surface area contributed by atoms with Crippen molar-refractivity contribution in [3.05, 3.63) is 77.5 Å². The van der Waals surface area contributed by atoms with Gasteiger partial charge in [0.2, 0.25) is 0 Å². The van der Waals surface area contributed by atoms with Crippen molar-refractivity contribution in [2.45, 2.75) is 46.1 Å². The van der Waals surface area contributed by atoms with Crippen LogP contribution in [-0.4, -0.2) is 36.3 Å². The molecule has 1 aliphatic heterocycles. The number of aliphatic hydroxyl groups is 1. The first-order valence-electron chi connectivity index (χ1n) is 11.6. The Hall–Kier alpha value is -2.85. The molecular formula is C28H35N3O. The number of nitrogens with zero attached hydrogens (tertiary/aromatic N) is 3. The zero-order valence-electron chi connectivity index (χ0n) is 20.0. The summed E-state index contributed by atoms with van der Waals surface area (Å²) in [6.07, 6.45) is 0. The molecule has 0 saturated carbocycles. The van der Waals surface area contributed by atoms with Gasteiger partial charge < -0.3 is 14.9 Å². The number of hydrogen-bond acceptors (Lipinski definition) is 4. The molecule has 4 heteroatoms. The molecule has 32 heavy (non-hydrogen) atoms. The Labute approximate surface area is 192 Å². The summed E-state index contributed by atoms with van der Waals surface area (Å²) in [5.41, 5.74) is 6.80. The van der Waals surface area contributed by atoms with Gasteiger partial charge in [0.15, 0.2) is 0 Å². The van der Waals surface area contributed by atoms with Crippen molar-refractivity contribution < 1.29 is 5.11 Å². The van der Waals surface area contributed by atoms with Crippen LogP contribution in [0.25, 0.3) is 11.3 Å². The van der Waals surface area contributed by atoms with Gasteiger partial charge in [0.05, 0.1) is 17.1 Å². The van der Waals surface area contributed by atoms with E-state index < -0.39 is 5.60 Å². The first-order valence-corrected chi connectivity index (χ1v) is 11.6. The van der Waals surface area contributed by atoms with E-state index in [2.05, 4.69) is 85.2 Å². The van der Waals surface area contributed by atoms with Gasteiger partial charge in [-0.1, -0.05) is 55.8 Å². The van der Waals surface area contributed by atoms with Gasteiger partial charge in [-0.05, 0) is 56.5 Å². The van der Waals surface area contributed by atoms with E-state index in [9.17, 15) is 5.11 Å². The monoisotopic (exact) mass is 429 g/mol. The highest BCUT2D eigenvalue weighted by molar-refractivity contribution is 5.76. The quantitative estimate of drug-likeness (QED) is 0.562. The summed E-state index contributed by atoms with van der Waals surface area (Å²) in [6.45, 7) is 14.0. The van der Waals surface area contributed by atoms with Gasteiger partial charge >= 0.3 is 0 Å². The molecule has 0 aliphatic carbocycles. The van der Waals surface area contributed by atoms with Crippen LogP contribution in [0.5, 0.6) is 0 Å². The molecule has 0 spiro atoms. The van der Waals surface area contributed by atoms with Crippen LogP contribution in [0.15, 0.2) is 60.7 Å². The SMILES string of the molecule is Cc1ccc(N2CCN(c3ccc(C(C)(C)O)nc3-c3ccc(C(C)C)cc3)CC2)cc1. The second-order valence-electron chi connectivity index (χ2n) is 9.71. The lowest BCUT2D eigenvalue weighted by molar-refractivity contribution is 0.0740. The minimum Gasteiger partial charge on any atom is -0.384 e. The number of anilines is 2. The third-order valence-corrected chi connectivity index (χ3v) is 6.37. The highest BCUT2D eigenvalue weighted by Crippen LogP contribution is 2.33. The summed E-state index contributed by atoms with van der Waals surface area (Å²) in [4.78, 5) is 9.82. The summed E-state index contributed by atoms with van der Waals surface area (Å²) in [5.74, 6) is 0.494. The molecule has 168 valence electrons. The fraction of sp³-hybridized carbons (Fsp3) is 0.393. The lowest BCUT2D eigenvalue weighted by Gasteiger charge is -2.38. The van der Waals surface area contributed by atoms with E-state index in [1.54, 1.807) is 13.8 Å². The molecule has 0 amide bonds. The van der Waals surface area contributed by atoms with Gasteiger partial charge in [0.1, 0.15) is 5.60 Å². The van der Waals surface area contributed by atoms with E-state index in [1.807, 2.05) is 6.07 Å². The number of benzene rings is 2. The van der Waals surface area contributed by atoms with Gasteiger partial charge in [-0.25, -0.2) is 4.98 Å². The van der Waals surface area contributed by atoms with Crippen LogP contribution in [0.1, 0.15) is 50.4 Å². The topological polar surface area (TPSA) is 39.6 Å². The summed E-state index contributed by atoms with van der Waals surface area (Å²) < 4.78 is 0. The Balaban J connectivity index is 1.62. The van der Waals surface area contributed by atoms with Gasteiger partial charge in [0, 0.05) is 37.4 Å². The number of aromatic nitrogens is 1. The Kier molecular flexibility index (Phi) is 6.25. The van der Waals surface area contributed by atoms with Crippen LogP contribution >= 0.6 is 0 Å². The summed E-state index contributed by atoms with van der Waals surface area (Å²) in [5, 5.41) is 10.6. The van der Waals surface area contributed by atoms with Crippen LogP contribution < -0.4 is 9.80 Å². The molecule has 3 aromatic rings. The summed E-state index contributed by atoms with van der Waals surface area (Å²) >= 11 is 0. The predicted molar refractivity (Wildman–Crippen MR) is 135 cm³/mol. The molecule has 0 atom stereocenters. The Morgan fingerprint density at radius 1 is 0.812 bits per heavy atom. The second kappa shape index (κ2) is 8.95. The van der Waals surface area contributed by atoms with Gasteiger partial charge in [-0.15, -0.1) is 0 Å². The minimum absolute atomic E-state index is 0.494. The largest absolute Gasteiger partial charge is 0.384 e. The standard InChI is InChI=1S/C28H35N3O/c1-20(2)22-8-10-23(11-9-22)27-25(14-15-26(29-27)28(4,5)32)31-18-16-30(17-19-31)24-12-6-21(3)7-13-24/h6-15,20,32H,16-19H2,1-5H3. The van der Waals surface area contributed by atoms with E-state index >= 15 is 0 Å². The van der Waals surface area contributed by atoms with E-state index in [1.165, 1.54) is 16.8 Å². The maximum absolute atomic E-state index is 10.6. The number of pyridine rings is 1. The third kappa shape index (κ3) is 4.81. The lowest BCUT2D eigenvalue weighted by Crippen LogP contribution is -2.46. The van der Waals surface area contributed by atoms with Crippen molar-refractivity contribution in [1.82, 2.24) is 4.98 Å². The smallest absolute Gasteiger partial charge is 0.101 e. The fourth-order valence-electron chi connectivity index (χ4n) is 4.25. The highest BCUT2D eigenvalue weighted by atomic mass is 16.3. The molecular weight excluding hydrogens is 394 g/mol. The molecule has 1 aliphatic rings. The van der Waals surface area contributed by atoms with Gasteiger partial charge in [-0.2, -0.15) is 0 Å². The fourth-order valence-corrected chi connectivity index (χ4v) is 4.25. The number of rotatable bonds is 5. The molecule has 1 N–H and O–H groups in total. The molecule has 1 fully saturated rings. The van der Waals surface area contributed by atoms with E-state index in [0.29, 0.717) is 11.6 Å². The predicted octanol–water partition coefficient (Wildman–Crippen LogP) is 5.73. The normalized spacial score (nSPS) is 14.8. The summed E-state index contributed by atoms with van der Waals surface area (Å²) in [7, 11) is 0. The maximum Gasteiger partial charge on any atom is 0.101 e. The molecule has 4 nitrogen and oxygen atoms in total. The van der Waals surface area contributed by atoms with Crippen molar-refractivity contribution in [2.24, 2.45) is 0 Å². The molecule has 0 radical (unpaired) electrons. The average molecular weight is 430 g/mol. The van der Waals surface area contributed by atoms with Crippen LogP contribution in [0.2, 0.25) is 0 Å². The van der Waals surface area contributed by atoms with Crippen molar-refractivity contribution in [3.63, 3.8) is 0 Å². The van der Waals surface area contributed by atoms with Crippen LogP contribution in [0, 0.1) is 6.92 Å². The molecule has 1 saturated heterocycles. The maximum atomic E-state index is 10.6. The lowest BCUT2D eigenvalue weighted by atomic mass is 9.98. The van der Waals surface area contributed by atoms with Gasteiger partial charge in [0.25, 0.3) is 0 Å². The van der Waals surface area contributed by atoms with Crippen LogP contribution in [-0.2, 0) is 5.60 Å². The molecule has 2 aromatic carbocycles. The zero-order valence-corrected chi connectivity index (χ0v) is 20.0. The van der Waals surface area contributed by atoms with Crippen molar-refractivity contribution in [2.75, 3.05) is 36.0 Å². The molecule has 2 heterocycles. The van der Waals surface area contributed by atoms with E-state index in [0.717, 1.165) is 43.1 Å². The number of piperazine rings is 1. The summed E-state index contributed by atoms with van der Waals surface area (Å²) in [6, 6.07) is 21.6. The minimum atomic E-state index is -0.977. The Bertz CT molecular complexity index is 1040. The number of hydrogen-bond donors (Lipinski definition) is 1. The molecule has 1 aromatic heterocycles. The molecule has 0 unspecified atom stereocenters. The second-order valence-corrected chi connectivity index (χ2v) is 9.71. The van der Waals surface area contributed by atoms with Crippen molar-refractivity contribution in [3.8, 4) is 11.3 Å². The van der Waals surface area contributed by atoms with Gasteiger partial charge in [-0.3, -0.25) is 0 Å². The van der Waals surface area contributed by atoms with E-state index in [-0.39, 0.29) is 0 Å². The Morgan fingerprint density at radius 3 is 1.97 bits per heavy atom.